The number of methoxy groups -OCH3 is 1. The molecule has 6 heteroatoms. The first-order valence-corrected chi connectivity index (χ1v) is 8.42. The summed E-state index contributed by atoms with van der Waals surface area (Å²) in [4.78, 5) is 28.0. The van der Waals surface area contributed by atoms with Crippen LogP contribution in [0.2, 0.25) is 0 Å². The third kappa shape index (κ3) is 4.19. The molecule has 0 aromatic heterocycles. The second kappa shape index (κ2) is 8.04. The van der Waals surface area contributed by atoms with Crippen LogP contribution in [0.5, 0.6) is 5.75 Å². The summed E-state index contributed by atoms with van der Waals surface area (Å²) in [5, 5.41) is 2.96. The summed E-state index contributed by atoms with van der Waals surface area (Å²) in [5.41, 5.74) is 0.664. The van der Waals surface area contributed by atoms with Crippen LogP contribution in [0.25, 0.3) is 0 Å². The molecule has 1 heterocycles. The maximum absolute atomic E-state index is 12.8. The van der Waals surface area contributed by atoms with Gasteiger partial charge in [-0.1, -0.05) is 12.1 Å². The zero-order valence-electron chi connectivity index (χ0n) is 14.9. The van der Waals surface area contributed by atoms with Gasteiger partial charge in [-0.3, -0.25) is 4.79 Å². The molecule has 132 valence electrons. The van der Waals surface area contributed by atoms with Crippen molar-refractivity contribution < 1.29 is 14.3 Å². The lowest BCUT2D eigenvalue weighted by Gasteiger charge is -2.40. The highest BCUT2D eigenvalue weighted by atomic mass is 16.5. The fourth-order valence-electron chi connectivity index (χ4n) is 3.21. The van der Waals surface area contributed by atoms with Crippen molar-refractivity contribution in [1.82, 2.24) is 9.80 Å². The summed E-state index contributed by atoms with van der Waals surface area (Å²) >= 11 is 0. The molecule has 0 aliphatic carbocycles. The molecule has 0 unspecified atom stereocenters. The number of urea groups is 1. The van der Waals surface area contributed by atoms with Gasteiger partial charge in [0.05, 0.1) is 12.8 Å². The number of anilines is 1. The van der Waals surface area contributed by atoms with Crippen molar-refractivity contribution in [2.75, 3.05) is 25.5 Å². The van der Waals surface area contributed by atoms with Crippen molar-refractivity contribution in [2.24, 2.45) is 0 Å². The lowest BCUT2D eigenvalue weighted by molar-refractivity contribution is -0.130. The summed E-state index contributed by atoms with van der Waals surface area (Å²) in [6.07, 6.45) is 1.61. The molecular weight excluding hydrogens is 306 g/mol. The quantitative estimate of drug-likeness (QED) is 0.921. The molecular formula is C18H27N3O3. The highest BCUT2D eigenvalue weighted by Crippen LogP contribution is 2.25. The number of carbonyl (C=O) groups excluding carboxylic acids is 2. The normalized spacial score (nSPS) is 15.3. The predicted molar refractivity (Wildman–Crippen MR) is 94.3 cm³/mol. The smallest absolute Gasteiger partial charge is 0.322 e. The van der Waals surface area contributed by atoms with Crippen molar-refractivity contribution in [3.05, 3.63) is 24.3 Å². The van der Waals surface area contributed by atoms with Crippen molar-refractivity contribution in [1.29, 1.82) is 0 Å². The number of hydrogen-bond acceptors (Lipinski definition) is 3. The Bertz CT molecular complexity index is 581. The van der Waals surface area contributed by atoms with Gasteiger partial charge >= 0.3 is 6.03 Å². The van der Waals surface area contributed by atoms with E-state index in [0.29, 0.717) is 24.5 Å². The molecule has 1 aromatic rings. The van der Waals surface area contributed by atoms with Gasteiger partial charge < -0.3 is 19.9 Å². The molecule has 1 aliphatic rings. The number of carbonyl (C=O) groups is 2. The average molecular weight is 333 g/mol. The van der Waals surface area contributed by atoms with Crippen molar-refractivity contribution in [3.63, 3.8) is 0 Å². The fourth-order valence-corrected chi connectivity index (χ4v) is 3.21. The van der Waals surface area contributed by atoms with Gasteiger partial charge in [-0.25, -0.2) is 4.79 Å². The van der Waals surface area contributed by atoms with Crippen LogP contribution >= 0.6 is 0 Å². The third-order valence-corrected chi connectivity index (χ3v) is 4.44. The van der Waals surface area contributed by atoms with E-state index in [2.05, 4.69) is 5.32 Å². The van der Waals surface area contributed by atoms with E-state index < -0.39 is 0 Å². The van der Waals surface area contributed by atoms with Gasteiger partial charge in [0.2, 0.25) is 5.91 Å². The molecule has 1 aromatic carbocycles. The molecule has 0 atom stereocenters. The van der Waals surface area contributed by atoms with Crippen LogP contribution in [0.3, 0.4) is 0 Å². The van der Waals surface area contributed by atoms with E-state index in [1.54, 1.807) is 14.0 Å². The number of amides is 3. The maximum atomic E-state index is 12.8. The van der Waals surface area contributed by atoms with E-state index >= 15 is 0 Å². The van der Waals surface area contributed by atoms with Gasteiger partial charge in [0.15, 0.2) is 0 Å². The predicted octanol–water partition coefficient (Wildman–Crippen LogP) is 2.95. The molecule has 6 nitrogen and oxygen atoms in total. The minimum absolute atomic E-state index is 0.0774. The van der Waals surface area contributed by atoms with E-state index in [-0.39, 0.29) is 24.0 Å². The van der Waals surface area contributed by atoms with E-state index in [0.717, 1.165) is 12.8 Å². The number of hydrogen-bond donors (Lipinski definition) is 1. The second-order valence-corrected chi connectivity index (χ2v) is 6.37. The number of para-hydroxylation sites is 2. The van der Waals surface area contributed by atoms with Gasteiger partial charge in [-0.15, -0.1) is 0 Å². The van der Waals surface area contributed by atoms with Gasteiger partial charge in [0.1, 0.15) is 5.75 Å². The Morgan fingerprint density at radius 2 is 1.88 bits per heavy atom. The summed E-state index contributed by atoms with van der Waals surface area (Å²) < 4.78 is 5.29. The van der Waals surface area contributed by atoms with Crippen molar-refractivity contribution in [2.45, 2.75) is 45.7 Å². The number of rotatable bonds is 4. The highest BCUT2D eigenvalue weighted by molar-refractivity contribution is 5.91. The third-order valence-electron chi connectivity index (χ3n) is 4.44. The molecule has 1 aliphatic heterocycles. The van der Waals surface area contributed by atoms with Crippen LogP contribution in [0.4, 0.5) is 10.5 Å². The zero-order valence-corrected chi connectivity index (χ0v) is 14.9. The van der Waals surface area contributed by atoms with E-state index in [9.17, 15) is 9.59 Å². The lowest BCUT2D eigenvalue weighted by atomic mass is 10.0. The van der Waals surface area contributed by atoms with Crippen molar-refractivity contribution >= 4 is 17.6 Å². The van der Waals surface area contributed by atoms with Crippen LogP contribution in [0.1, 0.15) is 33.6 Å². The molecule has 2 rings (SSSR count). The molecule has 1 fully saturated rings. The average Bonchev–Trinajstić information content (AvgIpc) is 2.55. The molecule has 24 heavy (non-hydrogen) atoms. The number of nitrogens with one attached hydrogen (secondary N) is 1. The number of nitrogens with zero attached hydrogens (tertiary/aromatic N) is 2. The van der Waals surface area contributed by atoms with Crippen molar-refractivity contribution in [3.8, 4) is 5.75 Å². The number of benzene rings is 1. The van der Waals surface area contributed by atoms with Gasteiger partial charge in [-0.2, -0.15) is 0 Å². The molecule has 0 radical (unpaired) electrons. The van der Waals surface area contributed by atoms with E-state index in [1.165, 1.54) is 0 Å². The first-order chi connectivity index (χ1) is 11.4. The second-order valence-electron chi connectivity index (χ2n) is 6.37. The molecule has 3 amide bonds. The minimum atomic E-state index is -0.129. The Morgan fingerprint density at radius 1 is 1.25 bits per heavy atom. The van der Waals surface area contributed by atoms with Gasteiger partial charge in [0.25, 0.3) is 0 Å². The summed E-state index contributed by atoms with van der Waals surface area (Å²) in [6, 6.07) is 7.46. The van der Waals surface area contributed by atoms with Crippen LogP contribution in [0.15, 0.2) is 24.3 Å². The summed E-state index contributed by atoms with van der Waals surface area (Å²) in [7, 11) is 1.59. The number of ether oxygens (including phenoxy) is 1. The Kier molecular flexibility index (Phi) is 6.06. The van der Waals surface area contributed by atoms with Crippen LogP contribution < -0.4 is 10.1 Å². The topological polar surface area (TPSA) is 61.9 Å². The zero-order chi connectivity index (χ0) is 17.7. The fraction of sp³-hybridized carbons (Fsp3) is 0.556. The highest BCUT2D eigenvalue weighted by Gasteiger charge is 2.30. The molecule has 1 saturated heterocycles. The van der Waals surface area contributed by atoms with Crippen LogP contribution in [-0.4, -0.2) is 54.0 Å². The van der Waals surface area contributed by atoms with E-state index in [1.807, 2.05) is 47.9 Å². The minimum Gasteiger partial charge on any atom is -0.495 e. The monoisotopic (exact) mass is 333 g/mol. The largest absolute Gasteiger partial charge is 0.495 e. The Hall–Kier alpha value is -2.24. The number of likely N-dealkylation sites (tertiary alicyclic amines) is 1. The molecule has 0 bridgehead atoms. The first-order valence-electron chi connectivity index (χ1n) is 8.42. The molecule has 0 spiro atoms. The summed E-state index contributed by atoms with van der Waals surface area (Å²) in [6.45, 7) is 7.02. The standard InChI is InChI=1S/C18H27N3O3/c1-13(2)21(15-9-11-20(12-10-15)14(3)22)18(23)19-16-7-5-6-8-17(16)24-4/h5-8,13,15H,9-12H2,1-4H3,(H,19,23). The first kappa shape index (κ1) is 18.1. The molecule has 0 saturated carbocycles. The Labute approximate surface area is 143 Å². The van der Waals surface area contributed by atoms with Gasteiger partial charge in [-0.05, 0) is 38.8 Å². The number of piperidine rings is 1. The van der Waals surface area contributed by atoms with Crippen LogP contribution in [-0.2, 0) is 4.79 Å². The SMILES string of the molecule is COc1ccccc1NC(=O)N(C(C)C)C1CCN(C(C)=O)CC1. The summed E-state index contributed by atoms with van der Waals surface area (Å²) in [5.74, 6) is 0.740. The Morgan fingerprint density at radius 3 is 2.42 bits per heavy atom. The van der Waals surface area contributed by atoms with E-state index in [4.69, 9.17) is 4.74 Å². The van der Waals surface area contributed by atoms with Crippen LogP contribution in [0, 0.1) is 0 Å². The maximum Gasteiger partial charge on any atom is 0.322 e. The van der Waals surface area contributed by atoms with Gasteiger partial charge in [0, 0.05) is 32.1 Å². The molecule has 1 N–H and O–H groups in total. The Balaban J connectivity index is 2.07. The lowest BCUT2D eigenvalue weighted by Crippen LogP contribution is -2.52.